The third-order valence-corrected chi connectivity index (χ3v) is 2.50. The number of aryl methyl sites for hydroxylation is 6. The average Bonchev–Trinajstić information content (AvgIpc) is 3.15. The maximum atomic E-state index is 8.42. The minimum atomic E-state index is -2.92. The molecule has 3 N–H and O–H groups in total. The van der Waals surface area contributed by atoms with Gasteiger partial charge >= 0.3 is 0 Å². The largest absolute Gasteiger partial charge is 0.907 e. The Balaban J connectivity index is 0. The molecule has 3 heterocycles. The molecule has 0 aliphatic heterocycles. The Morgan fingerprint density at radius 1 is 0.615 bits per heavy atom. The molecule has 0 bridgehead atoms. The molecule has 0 saturated heterocycles. The molecule has 3 rings (SSSR count). The summed E-state index contributed by atoms with van der Waals surface area (Å²) in [6.45, 7) is 11.8. The summed E-state index contributed by atoms with van der Waals surface area (Å²) in [4.78, 5) is 0. The Labute approximate surface area is 169 Å². The summed E-state index contributed by atoms with van der Waals surface area (Å²) in [7, 11) is -2.92. The minimum Gasteiger partial charge on any atom is -0.907 e. The van der Waals surface area contributed by atoms with Crippen LogP contribution in [0.3, 0.4) is 0 Å². The summed E-state index contributed by atoms with van der Waals surface area (Å²) in [6, 6.07) is 6.00. The van der Waals surface area contributed by atoms with Gasteiger partial charge in [0, 0.05) is 39.5 Å². The SMILES string of the molecule is Cc1cc(C)[nH]n1.Cc1cc(C)[nH]n1.Cc1cc(C)[nH]n1.[Ag].[O-]B([O-])[O-]. The molecule has 26 heavy (non-hydrogen) atoms. The van der Waals surface area contributed by atoms with Crippen LogP contribution in [0.25, 0.3) is 0 Å². The van der Waals surface area contributed by atoms with Crippen molar-refractivity contribution >= 4 is 7.32 Å². The number of aromatic nitrogens is 6. The van der Waals surface area contributed by atoms with Crippen molar-refractivity contribution in [3.05, 3.63) is 52.4 Å². The summed E-state index contributed by atoms with van der Waals surface area (Å²) in [6.07, 6.45) is 0. The Kier molecular flexibility index (Phi) is 14.8. The number of aromatic amines is 3. The molecule has 9 nitrogen and oxygen atoms in total. The first-order valence-corrected chi connectivity index (χ1v) is 7.53. The van der Waals surface area contributed by atoms with Gasteiger partial charge in [-0.2, -0.15) is 15.3 Å². The molecule has 0 aliphatic rings. The van der Waals surface area contributed by atoms with Crippen molar-refractivity contribution in [2.75, 3.05) is 0 Å². The van der Waals surface area contributed by atoms with E-state index in [0.717, 1.165) is 34.2 Å². The van der Waals surface area contributed by atoms with Crippen molar-refractivity contribution in [1.82, 2.24) is 30.6 Å². The summed E-state index contributed by atoms with van der Waals surface area (Å²) >= 11 is 0. The van der Waals surface area contributed by atoms with Gasteiger partial charge in [-0.3, -0.25) is 22.6 Å². The second kappa shape index (κ2) is 14.5. The molecular formula is C15H24AgBN6O3-3. The monoisotopic (exact) mass is 454 g/mol. The molecule has 0 fully saturated rings. The van der Waals surface area contributed by atoms with Crippen LogP contribution in [0.5, 0.6) is 0 Å². The quantitative estimate of drug-likeness (QED) is 0.375. The Morgan fingerprint density at radius 2 is 0.808 bits per heavy atom. The van der Waals surface area contributed by atoms with Gasteiger partial charge < -0.3 is 15.1 Å². The van der Waals surface area contributed by atoms with Crippen molar-refractivity contribution in [3.63, 3.8) is 0 Å². The van der Waals surface area contributed by atoms with E-state index in [2.05, 4.69) is 30.6 Å². The predicted octanol–water partition coefficient (Wildman–Crippen LogP) is -0.871. The number of nitrogens with zero attached hydrogens (tertiary/aromatic N) is 3. The number of rotatable bonds is 0. The zero-order valence-corrected chi connectivity index (χ0v) is 17.2. The Morgan fingerprint density at radius 3 is 0.846 bits per heavy atom. The molecule has 0 aliphatic carbocycles. The Bertz CT molecular complexity index is 570. The number of hydrogen-bond donors (Lipinski definition) is 3. The smallest absolute Gasteiger partial charge is 0.0593 e. The average molecular weight is 455 g/mol. The fourth-order valence-electron chi connectivity index (χ4n) is 1.66. The van der Waals surface area contributed by atoms with E-state index >= 15 is 0 Å². The molecule has 1 radical (unpaired) electrons. The molecule has 3 aromatic rings. The van der Waals surface area contributed by atoms with Crippen LogP contribution in [0.2, 0.25) is 0 Å². The summed E-state index contributed by atoms with van der Waals surface area (Å²) in [5, 5.41) is 45.4. The molecule has 0 amide bonds. The first-order chi connectivity index (χ1) is 11.6. The molecule has 11 heteroatoms. The van der Waals surface area contributed by atoms with Crippen LogP contribution >= 0.6 is 0 Å². The van der Waals surface area contributed by atoms with Crippen LogP contribution in [-0.2, 0) is 22.4 Å². The van der Waals surface area contributed by atoms with Crippen LogP contribution in [0, 0.1) is 41.5 Å². The third kappa shape index (κ3) is 15.8. The predicted molar refractivity (Wildman–Crippen MR) is 89.9 cm³/mol. The summed E-state index contributed by atoms with van der Waals surface area (Å²) in [5.74, 6) is 0. The molecule has 149 valence electrons. The third-order valence-electron chi connectivity index (χ3n) is 2.50. The van der Waals surface area contributed by atoms with Crippen LogP contribution in [0.15, 0.2) is 18.2 Å². The van der Waals surface area contributed by atoms with E-state index in [4.69, 9.17) is 15.1 Å². The van der Waals surface area contributed by atoms with Crippen molar-refractivity contribution in [1.29, 1.82) is 0 Å². The van der Waals surface area contributed by atoms with Crippen LogP contribution in [0.4, 0.5) is 0 Å². The van der Waals surface area contributed by atoms with Crippen LogP contribution in [-0.4, -0.2) is 37.9 Å². The first kappa shape index (κ1) is 26.5. The molecule has 0 saturated carbocycles. The molecule has 0 unspecified atom stereocenters. The van der Waals surface area contributed by atoms with Crippen molar-refractivity contribution in [3.8, 4) is 0 Å². The van der Waals surface area contributed by atoms with Gasteiger partial charge in [0.15, 0.2) is 0 Å². The van der Waals surface area contributed by atoms with E-state index in [1.807, 2.05) is 59.7 Å². The van der Waals surface area contributed by atoms with Gasteiger partial charge in [-0.05, 0) is 59.7 Å². The maximum Gasteiger partial charge on any atom is 0.0593 e. The molecule has 0 atom stereocenters. The molecule has 3 aromatic heterocycles. The van der Waals surface area contributed by atoms with Gasteiger partial charge in [-0.25, -0.2) is 0 Å². The number of nitrogens with one attached hydrogen (secondary N) is 3. The van der Waals surface area contributed by atoms with Crippen LogP contribution in [0.1, 0.15) is 34.2 Å². The van der Waals surface area contributed by atoms with Crippen molar-refractivity contribution in [2.45, 2.75) is 41.5 Å². The molecule has 0 aromatic carbocycles. The van der Waals surface area contributed by atoms with Gasteiger partial charge in [0.1, 0.15) is 0 Å². The Hall–Kier alpha value is -1.68. The van der Waals surface area contributed by atoms with E-state index in [0.29, 0.717) is 0 Å². The first-order valence-electron chi connectivity index (χ1n) is 7.53. The van der Waals surface area contributed by atoms with E-state index in [9.17, 15) is 0 Å². The van der Waals surface area contributed by atoms with Gasteiger partial charge in [-0.15, -0.1) is 0 Å². The molecular weight excluding hydrogens is 431 g/mol. The topological polar surface area (TPSA) is 155 Å². The van der Waals surface area contributed by atoms with Crippen molar-refractivity contribution < 1.29 is 37.5 Å². The van der Waals surface area contributed by atoms with Gasteiger partial charge in [0.25, 0.3) is 0 Å². The summed E-state index contributed by atoms with van der Waals surface area (Å²) < 4.78 is 0. The second-order valence-corrected chi connectivity index (χ2v) is 5.37. The van der Waals surface area contributed by atoms with Gasteiger partial charge in [-0.1, -0.05) is 0 Å². The molecule has 0 spiro atoms. The van der Waals surface area contributed by atoms with E-state index in [1.165, 1.54) is 0 Å². The van der Waals surface area contributed by atoms with Gasteiger partial charge in [0.2, 0.25) is 0 Å². The zero-order valence-electron chi connectivity index (χ0n) is 15.7. The van der Waals surface area contributed by atoms with E-state index in [1.54, 1.807) is 0 Å². The minimum absolute atomic E-state index is 0. The van der Waals surface area contributed by atoms with E-state index in [-0.39, 0.29) is 22.4 Å². The maximum absolute atomic E-state index is 8.42. The normalized spacial score (nSPS) is 8.65. The zero-order chi connectivity index (χ0) is 19.4. The van der Waals surface area contributed by atoms with E-state index < -0.39 is 7.32 Å². The number of H-pyrrole nitrogens is 3. The van der Waals surface area contributed by atoms with Crippen molar-refractivity contribution in [2.24, 2.45) is 0 Å². The fraction of sp³-hybridized carbons (Fsp3) is 0.400. The standard InChI is InChI=1S/3C5H8N2.Ag.BO3/c3*1-4-3-5(2)7-6-4;;2-1(3)4/h3*3H,1-2H3,(H,6,7);;/q;;;;-3. The summed E-state index contributed by atoms with van der Waals surface area (Å²) in [5.41, 5.74) is 6.53. The number of hydrogen-bond acceptors (Lipinski definition) is 6. The van der Waals surface area contributed by atoms with Crippen LogP contribution < -0.4 is 15.1 Å². The second-order valence-electron chi connectivity index (χ2n) is 5.37. The fourth-order valence-corrected chi connectivity index (χ4v) is 1.66. The van der Waals surface area contributed by atoms with Gasteiger partial charge in [0.05, 0.1) is 17.1 Å².